The van der Waals surface area contributed by atoms with Crippen molar-refractivity contribution in [3.8, 4) is 5.75 Å². The van der Waals surface area contributed by atoms with Gasteiger partial charge in [0.2, 0.25) is 0 Å². The SMILES string of the molecule is CCCCCCn1c(C(C)Oc2ccc(Cl)cc2)nc2ccccc21. The van der Waals surface area contributed by atoms with Gasteiger partial charge in [-0.2, -0.15) is 0 Å². The van der Waals surface area contributed by atoms with Crippen LogP contribution in [0.3, 0.4) is 0 Å². The van der Waals surface area contributed by atoms with Gasteiger partial charge in [0.05, 0.1) is 11.0 Å². The van der Waals surface area contributed by atoms with Crippen molar-refractivity contribution in [2.45, 2.75) is 52.2 Å². The second-order valence-corrected chi connectivity index (χ2v) is 6.82. The summed E-state index contributed by atoms with van der Waals surface area (Å²) in [6.45, 7) is 5.27. The van der Waals surface area contributed by atoms with Crippen LogP contribution in [-0.4, -0.2) is 9.55 Å². The number of rotatable bonds is 8. The van der Waals surface area contributed by atoms with Gasteiger partial charge in [0.15, 0.2) is 11.9 Å². The van der Waals surface area contributed by atoms with Crippen LogP contribution in [-0.2, 0) is 6.54 Å². The third kappa shape index (κ3) is 4.35. The molecule has 0 saturated carbocycles. The molecule has 1 unspecified atom stereocenters. The minimum atomic E-state index is -0.125. The van der Waals surface area contributed by atoms with Crippen molar-refractivity contribution in [3.63, 3.8) is 0 Å². The Kier molecular flexibility index (Phi) is 5.98. The van der Waals surface area contributed by atoms with Crippen LogP contribution in [0.2, 0.25) is 5.02 Å². The maximum Gasteiger partial charge on any atom is 0.153 e. The van der Waals surface area contributed by atoms with Crippen LogP contribution in [0.5, 0.6) is 5.75 Å². The number of nitrogens with zero attached hydrogens (tertiary/aromatic N) is 2. The van der Waals surface area contributed by atoms with Crippen molar-refractivity contribution >= 4 is 22.6 Å². The van der Waals surface area contributed by atoms with Gasteiger partial charge in [-0.15, -0.1) is 0 Å². The monoisotopic (exact) mass is 356 g/mol. The highest BCUT2D eigenvalue weighted by atomic mass is 35.5. The zero-order valence-electron chi connectivity index (χ0n) is 14.9. The van der Waals surface area contributed by atoms with Gasteiger partial charge in [-0.3, -0.25) is 0 Å². The highest BCUT2D eigenvalue weighted by Crippen LogP contribution is 2.26. The molecule has 1 atom stereocenters. The highest BCUT2D eigenvalue weighted by Gasteiger charge is 2.17. The standard InChI is InChI=1S/C21H25ClN2O/c1-3-4-5-8-15-24-20-10-7-6-9-19(20)23-21(24)16(2)25-18-13-11-17(22)12-14-18/h6-7,9-14,16H,3-5,8,15H2,1-2H3. The number of unbranched alkanes of at least 4 members (excludes halogenated alkanes) is 3. The summed E-state index contributed by atoms with van der Waals surface area (Å²) in [6, 6.07) is 15.8. The molecule has 1 aromatic heterocycles. The van der Waals surface area contributed by atoms with E-state index in [0.29, 0.717) is 5.02 Å². The van der Waals surface area contributed by atoms with Crippen molar-refractivity contribution in [1.82, 2.24) is 9.55 Å². The largest absolute Gasteiger partial charge is 0.483 e. The van der Waals surface area contributed by atoms with E-state index in [1.165, 1.54) is 24.8 Å². The molecule has 0 radical (unpaired) electrons. The van der Waals surface area contributed by atoms with Crippen molar-refractivity contribution < 1.29 is 4.74 Å². The third-order valence-electron chi connectivity index (χ3n) is 4.41. The lowest BCUT2D eigenvalue weighted by atomic mass is 10.2. The first kappa shape index (κ1) is 17.8. The fraction of sp³-hybridized carbons (Fsp3) is 0.381. The van der Waals surface area contributed by atoms with E-state index in [1.807, 2.05) is 30.3 Å². The van der Waals surface area contributed by atoms with Crippen LogP contribution in [0, 0.1) is 0 Å². The summed E-state index contributed by atoms with van der Waals surface area (Å²) in [5.74, 6) is 1.79. The van der Waals surface area contributed by atoms with Crippen LogP contribution < -0.4 is 4.74 Å². The summed E-state index contributed by atoms with van der Waals surface area (Å²) in [6.07, 6.45) is 4.80. The molecule has 132 valence electrons. The minimum Gasteiger partial charge on any atom is -0.483 e. The molecule has 0 N–H and O–H groups in total. The van der Waals surface area contributed by atoms with Crippen molar-refractivity contribution in [3.05, 3.63) is 59.4 Å². The molecular weight excluding hydrogens is 332 g/mol. The van der Waals surface area contributed by atoms with Gasteiger partial charge in [-0.25, -0.2) is 4.98 Å². The van der Waals surface area contributed by atoms with Gasteiger partial charge in [0, 0.05) is 11.6 Å². The van der Waals surface area contributed by atoms with Crippen LogP contribution in [0.25, 0.3) is 11.0 Å². The summed E-state index contributed by atoms with van der Waals surface area (Å²) < 4.78 is 8.42. The molecule has 0 aliphatic carbocycles. The molecule has 3 rings (SSSR count). The molecule has 2 aromatic carbocycles. The number of para-hydroxylation sites is 2. The number of hydrogen-bond donors (Lipinski definition) is 0. The molecule has 0 aliphatic heterocycles. The van der Waals surface area contributed by atoms with Crippen LogP contribution >= 0.6 is 11.6 Å². The van der Waals surface area contributed by atoms with Crippen LogP contribution in [0.4, 0.5) is 0 Å². The summed E-state index contributed by atoms with van der Waals surface area (Å²) in [5, 5.41) is 0.711. The molecule has 25 heavy (non-hydrogen) atoms. The normalized spacial score (nSPS) is 12.4. The Morgan fingerprint density at radius 1 is 1.04 bits per heavy atom. The Labute approximate surface area is 154 Å². The number of aromatic nitrogens is 2. The predicted molar refractivity (Wildman–Crippen MR) is 104 cm³/mol. The Balaban J connectivity index is 1.84. The minimum absolute atomic E-state index is 0.125. The molecule has 0 saturated heterocycles. The number of fused-ring (bicyclic) bond motifs is 1. The van der Waals surface area contributed by atoms with Gasteiger partial charge in [0.1, 0.15) is 5.75 Å². The molecule has 0 fully saturated rings. The topological polar surface area (TPSA) is 27.1 Å². The summed E-state index contributed by atoms with van der Waals surface area (Å²) in [5.41, 5.74) is 2.21. The van der Waals surface area contributed by atoms with Crippen molar-refractivity contribution in [1.29, 1.82) is 0 Å². The van der Waals surface area contributed by atoms with Gasteiger partial charge in [-0.1, -0.05) is 49.9 Å². The molecule has 3 nitrogen and oxygen atoms in total. The second kappa shape index (κ2) is 8.39. The molecule has 0 spiro atoms. The zero-order valence-corrected chi connectivity index (χ0v) is 15.7. The van der Waals surface area contributed by atoms with E-state index in [0.717, 1.165) is 30.1 Å². The summed E-state index contributed by atoms with van der Waals surface area (Å²) in [7, 11) is 0. The van der Waals surface area contributed by atoms with E-state index in [-0.39, 0.29) is 6.10 Å². The van der Waals surface area contributed by atoms with Gasteiger partial charge in [0.25, 0.3) is 0 Å². The summed E-state index contributed by atoms with van der Waals surface area (Å²) >= 11 is 5.95. The average Bonchev–Trinajstić information content (AvgIpc) is 3.00. The first-order valence-corrected chi connectivity index (χ1v) is 9.44. The first-order chi connectivity index (χ1) is 12.2. The average molecular weight is 357 g/mol. The maximum absolute atomic E-state index is 6.11. The fourth-order valence-corrected chi connectivity index (χ4v) is 3.23. The molecule has 3 aromatic rings. The van der Waals surface area contributed by atoms with E-state index in [9.17, 15) is 0 Å². The molecule has 1 heterocycles. The molecule has 0 aliphatic rings. The molecular formula is C21H25ClN2O. The van der Waals surface area contributed by atoms with Gasteiger partial charge < -0.3 is 9.30 Å². The van der Waals surface area contributed by atoms with Crippen molar-refractivity contribution in [2.24, 2.45) is 0 Å². The van der Waals surface area contributed by atoms with Gasteiger partial charge >= 0.3 is 0 Å². The third-order valence-corrected chi connectivity index (χ3v) is 4.66. The number of ether oxygens (including phenoxy) is 1. The van der Waals surface area contributed by atoms with Crippen LogP contribution in [0.1, 0.15) is 51.5 Å². The Hall–Kier alpha value is -2.00. The van der Waals surface area contributed by atoms with E-state index >= 15 is 0 Å². The first-order valence-electron chi connectivity index (χ1n) is 9.06. The van der Waals surface area contributed by atoms with Gasteiger partial charge in [-0.05, 0) is 49.7 Å². The summed E-state index contributed by atoms with van der Waals surface area (Å²) in [4.78, 5) is 4.84. The van der Waals surface area contributed by atoms with Crippen molar-refractivity contribution in [2.75, 3.05) is 0 Å². The predicted octanol–water partition coefficient (Wildman–Crippen LogP) is 6.41. The Bertz CT molecular complexity index is 810. The Morgan fingerprint density at radius 2 is 1.80 bits per heavy atom. The smallest absolute Gasteiger partial charge is 0.153 e. The lowest BCUT2D eigenvalue weighted by molar-refractivity contribution is 0.211. The second-order valence-electron chi connectivity index (χ2n) is 6.39. The zero-order chi connectivity index (χ0) is 17.6. The van der Waals surface area contributed by atoms with E-state index < -0.39 is 0 Å². The number of halogens is 1. The van der Waals surface area contributed by atoms with E-state index in [1.54, 1.807) is 0 Å². The van der Waals surface area contributed by atoms with E-state index in [4.69, 9.17) is 21.3 Å². The molecule has 0 amide bonds. The molecule has 4 heteroatoms. The molecule has 0 bridgehead atoms. The number of aryl methyl sites for hydroxylation is 1. The number of imidazole rings is 1. The Morgan fingerprint density at radius 3 is 2.56 bits per heavy atom. The number of benzene rings is 2. The quantitative estimate of drug-likeness (QED) is 0.436. The lowest BCUT2D eigenvalue weighted by Gasteiger charge is -2.17. The number of hydrogen-bond acceptors (Lipinski definition) is 2. The van der Waals surface area contributed by atoms with Crippen LogP contribution in [0.15, 0.2) is 48.5 Å². The highest BCUT2D eigenvalue weighted by molar-refractivity contribution is 6.30. The maximum atomic E-state index is 6.11. The lowest BCUT2D eigenvalue weighted by Crippen LogP contribution is -2.12. The van der Waals surface area contributed by atoms with E-state index in [2.05, 4.69) is 36.6 Å². The fourth-order valence-electron chi connectivity index (χ4n) is 3.11.